The molecule has 1 aromatic carbocycles. The fourth-order valence-corrected chi connectivity index (χ4v) is 2.44. The lowest BCUT2D eigenvalue weighted by molar-refractivity contribution is 0.734. The molecule has 134 valence electrons. The topological polar surface area (TPSA) is 75.3 Å². The van der Waals surface area contributed by atoms with Gasteiger partial charge in [-0.3, -0.25) is 4.99 Å². The second kappa shape index (κ2) is 10.3. The molecule has 0 aliphatic carbocycles. The molecule has 1 unspecified atom stereocenters. The van der Waals surface area contributed by atoms with E-state index in [-0.39, 0.29) is 0 Å². The van der Waals surface area contributed by atoms with Gasteiger partial charge in [0.1, 0.15) is 5.82 Å². The van der Waals surface area contributed by atoms with Gasteiger partial charge < -0.3 is 16.4 Å². The molecule has 0 aliphatic heterocycles. The van der Waals surface area contributed by atoms with Gasteiger partial charge in [0.25, 0.3) is 0 Å². The Morgan fingerprint density at radius 1 is 1.16 bits per heavy atom. The summed E-state index contributed by atoms with van der Waals surface area (Å²) in [4.78, 5) is 8.60. The number of nitrogens with one attached hydrogen (secondary N) is 2. The minimum Gasteiger partial charge on any atom is -0.370 e. The number of nitrogens with zero attached hydrogens (tertiary/aromatic N) is 2. The molecule has 4 N–H and O–H groups in total. The molecule has 5 heteroatoms. The molecular formula is C20H29N5. The Labute approximate surface area is 150 Å². The Kier molecular flexibility index (Phi) is 7.76. The lowest BCUT2D eigenvalue weighted by Gasteiger charge is -2.11. The van der Waals surface area contributed by atoms with E-state index in [4.69, 9.17) is 5.73 Å². The molecule has 0 saturated heterocycles. The largest absolute Gasteiger partial charge is 0.370 e. The van der Waals surface area contributed by atoms with Crippen molar-refractivity contribution in [3.63, 3.8) is 0 Å². The van der Waals surface area contributed by atoms with Gasteiger partial charge in [0.2, 0.25) is 0 Å². The third-order valence-corrected chi connectivity index (χ3v) is 4.20. The zero-order valence-corrected chi connectivity index (χ0v) is 15.2. The van der Waals surface area contributed by atoms with Gasteiger partial charge in [0, 0.05) is 25.0 Å². The van der Waals surface area contributed by atoms with E-state index in [1.807, 2.05) is 18.2 Å². The summed E-state index contributed by atoms with van der Waals surface area (Å²) in [5, 5.41) is 6.43. The van der Waals surface area contributed by atoms with Gasteiger partial charge in [-0.25, -0.2) is 4.98 Å². The van der Waals surface area contributed by atoms with Crippen molar-refractivity contribution in [2.45, 2.75) is 39.0 Å². The van der Waals surface area contributed by atoms with E-state index in [0.717, 1.165) is 37.3 Å². The number of unbranched alkanes of at least 4 members (excludes halogenated alkanes) is 1. The summed E-state index contributed by atoms with van der Waals surface area (Å²) >= 11 is 0. The number of hydrogen-bond donors (Lipinski definition) is 3. The third-order valence-electron chi connectivity index (χ3n) is 4.20. The van der Waals surface area contributed by atoms with E-state index in [1.54, 1.807) is 6.20 Å². The van der Waals surface area contributed by atoms with Crippen molar-refractivity contribution in [2.75, 3.05) is 23.7 Å². The Hall–Kier alpha value is -2.56. The monoisotopic (exact) mass is 339 g/mol. The molecule has 0 aliphatic rings. The minimum atomic E-state index is 0.467. The lowest BCUT2D eigenvalue weighted by atomic mass is 9.99. The fraction of sp³-hybridized carbons (Fsp3) is 0.400. The van der Waals surface area contributed by atoms with Gasteiger partial charge in [-0.15, -0.1) is 0 Å². The summed E-state index contributed by atoms with van der Waals surface area (Å²) < 4.78 is 0. The molecule has 0 amide bonds. The van der Waals surface area contributed by atoms with Gasteiger partial charge in [-0.05, 0) is 55.0 Å². The fourth-order valence-electron chi connectivity index (χ4n) is 2.44. The average Bonchev–Trinajstić information content (AvgIpc) is 2.65. The highest BCUT2D eigenvalue weighted by Gasteiger charge is 2.02. The highest BCUT2D eigenvalue weighted by Crippen LogP contribution is 2.20. The first kappa shape index (κ1) is 18.8. The van der Waals surface area contributed by atoms with Crippen LogP contribution in [0.4, 0.5) is 11.5 Å². The summed E-state index contributed by atoms with van der Waals surface area (Å²) in [5.41, 5.74) is 8.28. The Morgan fingerprint density at radius 2 is 1.96 bits per heavy atom. The standard InChI is InChI=1S/C20H29N5/c1-3-16(2)17-9-11-18(12-10-17)25-20(21)24-15-7-6-14-23-19-8-4-5-13-22-19/h4-5,8-13,16H,3,6-7,14-15H2,1-2H3,(H,22,23)(H3,21,24,25). The average molecular weight is 339 g/mol. The molecule has 1 atom stereocenters. The second-order valence-corrected chi connectivity index (χ2v) is 6.17. The van der Waals surface area contributed by atoms with Crippen LogP contribution in [0.15, 0.2) is 53.7 Å². The molecule has 0 saturated carbocycles. The molecular weight excluding hydrogens is 310 g/mol. The van der Waals surface area contributed by atoms with Crippen molar-refractivity contribution in [2.24, 2.45) is 10.7 Å². The SMILES string of the molecule is CCC(C)c1ccc(NC(N)=NCCCCNc2ccccn2)cc1. The van der Waals surface area contributed by atoms with E-state index in [0.29, 0.717) is 18.4 Å². The van der Waals surface area contributed by atoms with Gasteiger partial charge >= 0.3 is 0 Å². The van der Waals surface area contributed by atoms with E-state index >= 15 is 0 Å². The number of benzene rings is 1. The normalized spacial score (nSPS) is 12.6. The number of rotatable bonds is 9. The van der Waals surface area contributed by atoms with E-state index in [9.17, 15) is 0 Å². The highest BCUT2D eigenvalue weighted by molar-refractivity contribution is 5.92. The van der Waals surface area contributed by atoms with E-state index in [2.05, 4.69) is 58.7 Å². The number of hydrogen-bond acceptors (Lipinski definition) is 3. The van der Waals surface area contributed by atoms with E-state index < -0.39 is 0 Å². The van der Waals surface area contributed by atoms with Crippen LogP contribution in [0.3, 0.4) is 0 Å². The van der Waals surface area contributed by atoms with Gasteiger partial charge in [-0.2, -0.15) is 0 Å². The Bertz CT molecular complexity index is 637. The number of nitrogens with two attached hydrogens (primary N) is 1. The Balaban J connectivity index is 1.65. The van der Waals surface area contributed by atoms with Crippen LogP contribution in [0.1, 0.15) is 44.6 Å². The number of guanidine groups is 1. The minimum absolute atomic E-state index is 0.467. The van der Waals surface area contributed by atoms with Crippen molar-refractivity contribution in [3.05, 3.63) is 54.2 Å². The van der Waals surface area contributed by atoms with Gasteiger partial charge in [-0.1, -0.05) is 32.0 Å². The number of aromatic nitrogens is 1. The van der Waals surface area contributed by atoms with Crippen LogP contribution in [-0.4, -0.2) is 24.0 Å². The van der Waals surface area contributed by atoms with Crippen molar-refractivity contribution in [1.29, 1.82) is 0 Å². The molecule has 1 heterocycles. The quantitative estimate of drug-likeness (QED) is 0.363. The maximum Gasteiger partial charge on any atom is 0.193 e. The molecule has 0 radical (unpaired) electrons. The van der Waals surface area contributed by atoms with Crippen LogP contribution >= 0.6 is 0 Å². The van der Waals surface area contributed by atoms with Crippen molar-refractivity contribution in [3.8, 4) is 0 Å². The predicted octanol–water partition coefficient (Wildman–Crippen LogP) is 4.21. The smallest absolute Gasteiger partial charge is 0.193 e. The number of aliphatic imine (C=N–C) groups is 1. The Morgan fingerprint density at radius 3 is 2.64 bits per heavy atom. The summed E-state index contributed by atoms with van der Waals surface area (Å²) in [6.45, 7) is 6.04. The van der Waals surface area contributed by atoms with Crippen LogP contribution in [0.2, 0.25) is 0 Å². The van der Waals surface area contributed by atoms with Crippen LogP contribution in [0.25, 0.3) is 0 Å². The first-order chi connectivity index (χ1) is 12.2. The first-order valence-electron chi connectivity index (χ1n) is 9.01. The maximum atomic E-state index is 5.95. The van der Waals surface area contributed by atoms with E-state index in [1.165, 1.54) is 5.56 Å². The van der Waals surface area contributed by atoms with Crippen molar-refractivity contribution < 1.29 is 0 Å². The number of anilines is 2. The molecule has 0 spiro atoms. The van der Waals surface area contributed by atoms with Crippen LogP contribution < -0.4 is 16.4 Å². The maximum absolute atomic E-state index is 5.95. The molecule has 25 heavy (non-hydrogen) atoms. The molecule has 0 fully saturated rings. The van der Waals surface area contributed by atoms with Crippen LogP contribution in [0, 0.1) is 0 Å². The molecule has 2 rings (SSSR count). The first-order valence-corrected chi connectivity index (χ1v) is 9.01. The molecule has 2 aromatic rings. The second-order valence-electron chi connectivity index (χ2n) is 6.17. The molecule has 0 bridgehead atoms. The summed E-state index contributed by atoms with van der Waals surface area (Å²) in [5.74, 6) is 1.96. The third kappa shape index (κ3) is 6.83. The highest BCUT2D eigenvalue weighted by atomic mass is 15.1. The van der Waals surface area contributed by atoms with Crippen LogP contribution in [-0.2, 0) is 0 Å². The van der Waals surface area contributed by atoms with Gasteiger partial charge in [0.05, 0.1) is 0 Å². The van der Waals surface area contributed by atoms with Crippen molar-refractivity contribution in [1.82, 2.24) is 4.98 Å². The van der Waals surface area contributed by atoms with Crippen molar-refractivity contribution >= 4 is 17.5 Å². The summed E-state index contributed by atoms with van der Waals surface area (Å²) in [6, 6.07) is 14.3. The zero-order chi connectivity index (χ0) is 17.9. The van der Waals surface area contributed by atoms with Gasteiger partial charge in [0.15, 0.2) is 5.96 Å². The summed E-state index contributed by atoms with van der Waals surface area (Å²) in [7, 11) is 0. The lowest BCUT2D eigenvalue weighted by Crippen LogP contribution is -2.22. The van der Waals surface area contributed by atoms with Crippen LogP contribution in [0.5, 0.6) is 0 Å². The summed E-state index contributed by atoms with van der Waals surface area (Å²) in [6.07, 6.45) is 4.94. The zero-order valence-electron chi connectivity index (χ0n) is 15.2. The number of pyridine rings is 1. The molecule has 5 nitrogen and oxygen atoms in total. The molecule has 1 aromatic heterocycles. The predicted molar refractivity (Wildman–Crippen MR) is 107 cm³/mol.